The van der Waals surface area contributed by atoms with Crippen LogP contribution in [-0.2, 0) is 6.42 Å². The topological polar surface area (TPSA) is 66.8 Å². The van der Waals surface area contributed by atoms with Crippen LogP contribution < -0.4 is 4.74 Å². The van der Waals surface area contributed by atoms with Crippen LogP contribution in [0.25, 0.3) is 6.08 Å². The second kappa shape index (κ2) is 6.04. The summed E-state index contributed by atoms with van der Waals surface area (Å²) in [6.07, 6.45) is 4.67. The number of hydrogen-bond acceptors (Lipinski definition) is 4. The van der Waals surface area contributed by atoms with E-state index < -0.39 is 0 Å². The van der Waals surface area contributed by atoms with Crippen LogP contribution in [0.15, 0.2) is 42.5 Å². The molecule has 24 heavy (non-hydrogen) atoms. The normalized spacial score (nSPS) is 15.8. The van der Waals surface area contributed by atoms with E-state index in [1.54, 1.807) is 36.4 Å². The Morgan fingerprint density at radius 1 is 1.12 bits per heavy atom. The Kier molecular flexibility index (Phi) is 4.06. The van der Waals surface area contributed by atoms with Crippen molar-refractivity contribution in [3.05, 3.63) is 59.2 Å². The van der Waals surface area contributed by atoms with Crippen molar-refractivity contribution in [3.8, 4) is 17.2 Å². The zero-order valence-electron chi connectivity index (χ0n) is 13.7. The van der Waals surface area contributed by atoms with Crippen molar-refractivity contribution in [2.45, 2.75) is 32.3 Å². The number of hydrogen-bond donors (Lipinski definition) is 2. The molecule has 4 heteroatoms. The minimum atomic E-state index is -0.353. The van der Waals surface area contributed by atoms with E-state index in [1.165, 1.54) is 12.1 Å². The van der Waals surface area contributed by atoms with Gasteiger partial charge in [-0.2, -0.15) is 0 Å². The van der Waals surface area contributed by atoms with Gasteiger partial charge in [-0.05, 0) is 62.6 Å². The summed E-state index contributed by atoms with van der Waals surface area (Å²) in [5, 5.41) is 19.3. The molecular weight excluding hydrogens is 304 g/mol. The number of allylic oxidation sites excluding steroid dienone is 1. The number of carbonyl (C=O) groups excluding carboxylic acids is 1. The van der Waals surface area contributed by atoms with Gasteiger partial charge in [0.25, 0.3) is 0 Å². The van der Waals surface area contributed by atoms with E-state index >= 15 is 0 Å². The quantitative estimate of drug-likeness (QED) is 0.659. The zero-order valence-corrected chi connectivity index (χ0v) is 13.7. The molecule has 0 fully saturated rings. The van der Waals surface area contributed by atoms with Crippen molar-refractivity contribution in [3.63, 3.8) is 0 Å². The number of phenolic OH excluding ortho intramolecular Hbond substituents is 2. The van der Waals surface area contributed by atoms with Crippen molar-refractivity contribution in [1.82, 2.24) is 0 Å². The van der Waals surface area contributed by atoms with Crippen molar-refractivity contribution < 1.29 is 19.7 Å². The number of benzene rings is 2. The Morgan fingerprint density at radius 3 is 2.54 bits per heavy atom. The molecule has 0 radical (unpaired) electrons. The summed E-state index contributed by atoms with van der Waals surface area (Å²) in [6.45, 7) is 3.93. The van der Waals surface area contributed by atoms with Crippen molar-refractivity contribution in [1.29, 1.82) is 0 Å². The van der Waals surface area contributed by atoms with E-state index in [2.05, 4.69) is 0 Å². The van der Waals surface area contributed by atoms with E-state index in [4.69, 9.17) is 4.74 Å². The maximum atomic E-state index is 12.6. The van der Waals surface area contributed by atoms with E-state index in [-0.39, 0.29) is 22.9 Å². The number of phenols is 2. The summed E-state index contributed by atoms with van der Waals surface area (Å²) in [7, 11) is 0. The third kappa shape index (κ3) is 3.27. The first-order chi connectivity index (χ1) is 11.4. The number of fused-ring (bicyclic) bond motifs is 1. The summed E-state index contributed by atoms with van der Waals surface area (Å²) < 4.78 is 5.86. The van der Waals surface area contributed by atoms with Crippen LogP contribution in [0.1, 0.15) is 41.8 Å². The lowest BCUT2D eigenvalue weighted by Crippen LogP contribution is -2.33. The summed E-state index contributed by atoms with van der Waals surface area (Å²) >= 11 is 0. The van der Waals surface area contributed by atoms with Crippen LogP contribution in [0.5, 0.6) is 17.2 Å². The molecule has 0 amide bonds. The molecule has 1 aliphatic heterocycles. The fourth-order valence-corrected chi connectivity index (χ4v) is 2.81. The van der Waals surface area contributed by atoms with Gasteiger partial charge in [-0.3, -0.25) is 4.79 Å². The number of carbonyl (C=O) groups is 1. The summed E-state index contributed by atoms with van der Waals surface area (Å²) in [5.74, 6) is 0.528. The van der Waals surface area contributed by atoms with Gasteiger partial charge in [-0.25, -0.2) is 0 Å². The average molecular weight is 324 g/mol. The average Bonchev–Trinajstić information content (AvgIpc) is 2.54. The monoisotopic (exact) mass is 324 g/mol. The third-order valence-corrected chi connectivity index (χ3v) is 4.18. The summed E-state index contributed by atoms with van der Waals surface area (Å²) in [6, 6.07) is 9.75. The van der Waals surface area contributed by atoms with Crippen LogP contribution in [0.2, 0.25) is 0 Å². The maximum absolute atomic E-state index is 12.6. The van der Waals surface area contributed by atoms with Crippen LogP contribution in [0.4, 0.5) is 0 Å². The van der Waals surface area contributed by atoms with Gasteiger partial charge < -0.3 is 14.9 Å². The highest BCUT2D eigenvalue weighted by molar-refractivity contribution is 6.08. The smallest absolute Gasteiger partial charge is 0.186 e. The molecule has 2 N–H and O–H groups in total. The molecule has 0 aromatic heterocycles. The molecule has 1 heterocycles. The molecule has 2 aromatic carbocycles. The second-order valence-electron chi connectivity index (χ2n) is 6.59. The zero-order chi connectivity index (χ0) is 17.3. The molecule has 0 aliphatic carbocycles. The van der Waals surface area contributed by atoms with Gasteiger partial charge in [0.2, 0.25) is 0 Å². The number of rotatable bonds is 3. The predicted molar refractivity (Wildman–Crippen MR) is 92.6 cm³/mol. The van der Waals surface area contributed by atoms with Gasteiger partial charge in [-0.15, -0.1) is 0 Å². The Morgan fingerprint density at radius 2 is 1.83 bits per heavy atom. The number of ketones is 1. The van der Waals surface area contributed by atoms with Crippen molar-refractivity contribution in [2.24, 2.45) is 0 Å². The van der Waals surface area contributed by atoms with Crippen molar-refractivity contribution >= 4 is 11.9 Å². The van der Waals surface area contributed by atoms with Crippen LogP contribution in [0, 0.1) is 0 Å². The van der Waals surface area contributed by atoms with Gasteiger partial charge in [0.05, 0.1) is 0 Å². The SMILES string of the molecule is CC1(C)CCc2c(C(=O)/C=C/c3ccc(O)cc3)ccc(O)c2O1. The Labute approximate surface area is 141 Å². The van der Waals surface area contributed by atoms with Gasteiger partial charge in [0, 0.05) is 11.1 Å². The highest BCUT2D eigenvalue weighted by atomic mass is 16.5. The maximum Gasteiger partial charge on any atom is 0.186 e. The predicted octanol–water partition coefficient (Wildman–Crippen LogP) is 4.10. The van der Waals surface area contributed by atoms with Crippen molar-refractivity contribution in [2.75, 3.05) is 0 Å². The molecule has 2 aromatic rings. The van der Waals surface area contributed by atoms with Gasteiger partial charge >= 0.3 is 0 Å². The second-order valence-corrected chi connectivity index (χ2v) is 6.59. The summed E-state index contributed by atoms with van der Waals surface area (Å²) in [5.41, 5.74) is 1.78. The minimum Gasteiger partial charge on any atom is -0.508 e. The Balaban J connectivity index is 1.90. The lowest BCUT2D eigenvalue weighted by Gasteiger charge is -2.33. The molecule has 0 atom stereocenters. The molecule has 3 rings (SSSR count). The summed E-state index contributed by atoms with van der Waals surface area (Å²) in [4.78, 5) is 12.6. The standard InChI is InChI=1S/C20H20O4/c1-20(2)12-11-16-15(8-10-18(23)19(16)24-20)17(22)9-5-13-3-6-14(21)7-4-13/h3-10,21,23H,11-12H2,1-2H3/b9-5+. The van der Waals surface area contributed by atoms with E-state index in [9.17, 15) is 15.0 Å². The molecule has 1 aliphatic rings. The van der Waals surface area contributed by atoms with E-state index in [0.29, 0.717) is 17.7 Å². The Hall–Kier alpha value is -2.75. The number of aromatic hydroxyl groups is 2. The van der Waals surface area contributed by atoms with Gasteiger partial charge in [0.15, 0.2) is 17.3 Å². The molecule has 0 saturated heterocycles. The first-order valence-electron chi connectivity index (χ1n) is 7.91. The van der Waals surface area contributed by atoms with E-state index in [0.717, 1.165) is 17.5 Å². The first-order valence-corrected chi connectivity index (χ1v) is 7.91. The highest BCUT2D eigenvalue weighted by Crippen LogP contribution is 2.41. The molecule has 0 saturated carbocycles. The van der Waals surface area contributed by atoms with Gasteiger partial charge in [0.1, 0.15) is 11.4 Å². The molecule has 0 spiro atoms. The van der Waals surface area contributed by atoms with E-state index in [1.807, 2.05) is 13.8 Å². The van der Waals surface area contributed by atoms with Gasteiger partial charge in [-0.1, -0.05) is 18.2 Å². The molecule has 0 bridgehead atoms. The lowest BCUT2D eigenvalue weighted by molar-refractivity contribution is 0.0795. The number of ether oxygens (including phenoxy) is 1. The van der Waals surface area contributed by atoms with Crippen LogP contribution >= 0.6 is 0 Å². The van der Waals surface area contributed by atoms with Crippen LogP contribution in [0.3, 0.4) is 0 Å². The lowest BCUT2D eigenvalue weighted by atomic mass is 9.89. The molecular formula is C20H20O4. The molecule has 0 unspecified atom stereocenters. The fraction of sp³-hybridized carbons (Fsp3) is 0.250. The minimum absolute atomic E-state index is 0.0665. The third-order valence-electron chi connectivity index (χ3n) is 4.18. The molecule has 124 valence electrons. The fourth-order valence-electron chi connectivity index (χ4n) is 2.81. The highest BCUT2D eigenvalue weighted by Gasteiger charge is 2.31. The molecule has 4 nitrogen and oxygen atoms in total. The van der Waals surface area contributed by atoms with Crippen LogP contribution in [-0.4, -0.2) is 21.6 Å². The Bertz CT molecular complexity index is 801. The largest absolute Gasteiger partial charge is 0.508 e. The first kappa shape index (κ1) is 16.1.